The number of imidazole rings is 1. The summed E-state index contributed by atoms with van der Waals surface area (Å²) in [5, 5.41) is 10.9. The van der Waals surface area contributed by atoms with Crippen molar-refractivity contribution in [1.29, 1.82) is 0 Å². The quantitative estimate of drug-likeness (QED) is 0.431. The molecule has 0 saturated carbocycles. The summed E-state index contributed by atoms with van der Waals surface area (Å²) in [7, 11) is -0.668. The first-order valence-electron chi connectivity index (χ1n) is 10.3. The number of aryl methyl sites for hydroxylation is 2. The van der Waals surface area contributed by atoms with Crippen LogP contribution in [0.2, 0.25) is 0 Å². The Morgan fingerprint density at radius 2 is 2.00 bits per heavy atom. The van der Waals surface area contributed by atoms with Gasteiger partial charge in [-0.15, -0.1) is 0 Å². The molecule has 4 heterocycles. The molecule has 180 valence electrons. The number of nitrogens with zero attached hydrogens (tertiary/aromatic N) is 6. The summed E-state index contributed by atoms with van der Waals surface area (Å²) in [6, 6.07) is 3.16. The molecule has 1 amide bonds. The highest BCUT2D eigenvalue weighted by atomic mass is 32.2. The maximum Gasteiger partial charge on any atom is 0.269 e. The fraction of sp³-hybridized carbons (Fsp3) is 0.381. The number of sulfone groups is 1. The molecule has 0 aliphatic carbocycles. The van der Waals surface area contributed by atoms with Crippen LogP contribution >= 0.6 is 0 Å². The van der Waals surface area contributed by atoms with Gasteiger partial charge in [-0.25, -0.2) is 13.4 Å². The Kier molecular flexibility index (Phi) is 5.67. The second-order valence-electron chi connectivity index (χ2n) is 8.64. The molecule has 4 aromatic rings. The van der Waals surface area contributed by atoms with Crippen LogP contribution in [0.1, 0.15) is 43.0 Å². The molecule has 4 aromatic heterocycles. The summed E-state index contributed by atoms with van der Waals surface area (Å²) in [5.41, 5.74) is 1.73. The Morgan fingerprint density at radius 1 is 1.26 bits per heavy atom. The van der Waals surface area contributed by atoms with E-state index in [9.17, 15) is 13.2 Å². The van der Waals surface area contributed by atoms with E-state index in [1.165, 1.54) is 18.0 Å². The molecule has 1 N–H and O–H groups in total. The summed E-state index contributed by atoms with van der Waals surface area (Å²) in [4.78, 5) is 21.2. The van der Waals surface area contributed by atoms with Crippen LogP contribution in [0.4, 0.5) is 0 Å². The molecule has 0 spiro atoms. The highest BCUT2D eigenvalue weighted by Gasteiger charge is 2.34. The number of methoxy groups -OCH3 is 1. The summed E-state index contributed by atoms with van der Waals surface area (Å²) >= 11 is 0. The molecule has 34 heavy (non-hydrogen) atoms. The molecule has 0 bridgehead atoms. The van der Waals surface area contributed by atoms with Crippen LogP contribution in [0.5, 0.6) is 5.75 Å². The highest BCUT2D eigenvalue weighted by molar-refractivity contribution is 7.92. The summed E-state index contributed by atoms with van der Waals surface area (Å²) in [6.07, 6.45) is 3.04. The third-order valence-electron chi connectivity index (χ3n) is 5.24. The van der Waals surface area contributed by atoms with E-state index in [0.29, 0.717) is 34.4 Å². The van der Waals surface area contributed by atoms with Gasteiger partial charge in [0, 0.05) is 26.2 Å². The van der Waals surface area contributed by atoms with E-state index in [4.69, 9.17) is 9.26 Å². The summed E-state index contributed by atoms with van der Waals surface area (Å²) in [6.45, 7) is 6.64. The average molecular weight is 488 g/mol. The van der Waals surface area contributed by atoms with E-state index >= 15 is 0 Å². The lowest BCUT2D eigenvalue weighted by atomic mass is 10.3. The number of fused-ring (bicyclic) bond motifs is 1. The second-order valence-corrected chi connectivity index (χ2v) is 11.3. The number of amides is 1. The molecular formula is C21H25N7O5S. The summed E-state index contributed by atoms with van der Waals surface area (Å²) in [5.74, 6) is 0.591. The monoisotopic (exact) mass is 487 g/mol. The van der Waals surface area contributed by atoms with E-state index in [2.05, 4.69) is 25.5 Å². The van der Waals surface area contributed by atoms with Crippen molar-refractivity contribution >= 4 is 21.4 Å². The van der Waals surface area contributed by atoms with Crippen LogP contribution in [-0.2, 0) is 23.4 Å². The van der Waals surface area contributed by atoms with Crippen molar-refractivity contribution in [2.24, 2.45) is 7.05 Å². The minimum atomic E-state index is -3.72. The lowest BCUT2D eigenvalue weighted by Gasteiger charge is -2.21. The van der Waals surface area contributed by atoms with E-state index in [-0.39, 0.29) is 23.1 Å². The van der Waals surface area contributed by atoms with Gasteiger partial charge in [0.05, 0.1) is 30.3 Å². The Morgan fingerprint density at radius 3 is 2.62 bits per heavy atom. The lowest BCUT2D eigenvalue weighted by molar-refractivity contribution is 0.0940. The Balaban J connectivity index is 1.72. The van der Waals surface area contributed by atoms with Gasteiger partial charge in [0.25, 0.3) is 5.91 Å². The number of hydrogen-bond donors (Lipinski definition) is 1. The number of rotatable bonds is 6. The van der Waals surface area contributed by atoms with E-state index in [0.717, 1.165) is 0 Å². The van der Waals surface area contributed by atoms with Gasteiger partial charge in [-0.3, -0.25) is 13.9 Å². The van der Waals surface area contributed by atoms with Crippen LogP contribution in [0, 0.1) is 6.92 Å². The number of hydrogen-bond acceptors (Lipinski definition) is 9. The first kappa shape index (κ1) is 23.4. The average Bonchev–Trinajstić information content (AvgIpc) is 3.47. The van der Waals surface area contributed by atoms with Crippen LogP contribution < -0.4 is 10.1 Å². The molecular weight excluding hydrogens is 462 g/mol. The van der Waals surface area contributed by atoms with Crippen LogP contribution in [0.3, 0.4) is 0 Å². The van der Waals surface area contributed by atoms with E-state index in [1.54, 1.807) is 57.5 Å². The number of carbonyl (C=O) groups is 1. The minimum Gasteiger partial charge on any atom is -0.495 e. The molecule has 0 fully saturated rings. The third kappa shape index (κ3) is 4.02. The van der Waals surface area contributed by atoms with Crippen molar-refractivity contribution in [2.75, 3.05) is 7.11 Å². The van der Waals surface area contributed by atoms with Gasteiger partial charge in [-0.2, -0.15) is 10.1 Å². The lowest BCUT2D eigenvalue weighted by Crippen LogP contribution is -2.28. The third-order valence-corrected chi connectivity index (χ3v) is 7.74. The van der Waals surface area contributed by atoms with Crippen LogP contribution in [0.25, 0.3) is 17.0 Å². The smallest absolute Gasteiger partial charge is 0.269 e. The van der Waals surface area contributed by atoms with Gasteiger partial charge in [0.2, 0.25) is 5.89 Å². The van der Waals surface area contributed by atoms with Crippen molar-refractivity contribution in [3.05, 3.63) is 41.9 Å². The standard InChI is InChI=1S/C21H25N7O5S/c1-12-24-18(26-33-12)10-23-20(29)14-7-13(25-27(14)5)15-9-22-19-8-16(32-6)17(11-28(15)19)34(30,31)21(2,3)4/h7-9,11H,10H2,1-6H3,(H,23,29). The van der Waals surface area contributed by atoms with Gasteiger partial charge < -0.3 is 14.6 Å². The fourth-order valence-corrected chi connectivity index (χ4v) is 4.65. The van der Waals surface area contributed by atoms with Gasteiger partial charge in [0.1, 0.15) is 27.7 Å². The first-order valence-corrected chi connectivity index (χ1v) is 11.8. The number of ether oxygens (including phenoxy) is 1. The van der Waals surface area contributed by atoms with Crippen LogP contribution in [-0.4, -0.2) is 55.5 Å². The largest absolute Gasteiger partial charge is 0.495 e. The number of pyridine rings is 1. The molecule has 0 aliphatic rings. The first-order chi connectivity index (χ1) is 15.9. The van der Waals surface area contributed by atoms with Crippen LogP contribution in [0.15, 0.2) is 33.9 Å². The molecule has 0 aliphatic heterocycles. The number of aromatic nitrogens is 6. The van der Waals surface area contributed by atoms with Crippen molar-refractivity contribution in [1.82, 2.24) is 34.6 Å². The highest BCUT2D eigenvalue weighted by Crippen LogP contribution is 2.34. The Labute approximate surface area is 195 Å². The zero-order chi connectivity index (χ0) is 24.8. The maximum absolute atomic E-state index is 13.2. The van der Waals surface area contributed by atoms with E-state index < -0.39 is 14.6 Å². The second kappa shape index (κ2) is 8.24. The predicted octanol–water partition coefficient (Wildman–Crippen LogP) is 1.94. The topological polar surface area (TPSA) is 147 Å². The minimum absolute atomic E-state index is 0.0403. The summed E-state index contributed by atoms with van der Waals surface area (Å²) < 4.78 is 38.6. The van der Waals surface area contributed by atoms with Gasteiger partial charge in [0.15, 0.2) is 15.7 Å². The van der Waals surface area contributed by atoms with Gasteiger partial charge >= 0.3 is 0 Å². The van der Waals surface area contributed by atoms with E-state index in [1.807, 2.05) is 0 Å². The number of nitrogens with one attached hydrogen (secondary N) is 1. The molecule has 13 heteroatoms. The SMILES string of the molecule is COc1cc2ncc(-c3cc(C(=O)NCc4noc(C)n4)n(C)n3)n2cc1S(=O)(=O)C(C)(C)C. The van der Waals surface area contributed by atoms with Gasteiger partial charge in [-0.1, -0.05) is 5.16 Å². The van der Waals surface area contributed by atoms with Gasteiger partial charge in [-0.05, 0) is 26.8 Å². The maximum atomic E-state index is 13.2. The number of carbonyl (C=O) groups excluding carboxylic acids is 1. The Hall–Kier alpha value is -3.74. The molecule has 0 radical (unpaired) electrons. The normalized spacial score (nSPS) is 12.3. The molecule has 0 atom stereocenters. The predicted molar refractivity (Wildman–Crippen MR) is 121 cm³/mol. The molecule has 12 nitrogen and oxygen atoms in total. The molecule has 4 rings (SSSR count). The van der Waals surface area contributed by atoms with Crippen molar-refractivity contribution in [3.8, 4) is 17.1 Å². The van der Waals surface area contributed by atoms with Crippen molar-refractivity contribution in [2.45, 2.75) is 43.9 Å². The zero-order valence-electron chi connectivity index (χ0n) is 19.6. The molecule has 0 aromatic carbocycles. The molecule has 0 saturated heterocycles. The Bertz CT molecular complexity index is 1490. The fourth-order valence-electron chi connectivity index (χ4n) is 3.34. The van der Waals surface area contributed by atoms with Crippen molar-refractivity contribution in [3.63, 3.8) is 0 Å². The zero-order valence-corrected chi connectivity index (χ0v) is 20.5. The molecule has 0 unspecified atom stereocenters. The van der Waals surface area contributed by atoms with Crippen molar-refractivity contribution < 1.29 is 22.5 Å².